The second-order valence-electron chi connectivity index (χ2n) is 8.18. The molecule has 0 unspecified atom stereocenters. The summed E-state index contributed by atoms with van der Waals surface area (Å²) in [4.78, 5) is 19.5. The van der Waals surface area contributed by atoms with Gasteiger partial charge in [-0.15, -0.1) is 5.10 Å². The van der Waals surface area contributed by atoms with Gasteiger partial charge in [0.2, 0.25) is 0 Å². The molecule has 2 heterocycles. The fourth-order valence-corrected chi connectivity index (χ4v) is 4.24. The lowest BCUT2D eigenvalue weighted by Crippen LogP contribution is -2.28. The summed E-state index contributed by atoms with van der Waals surface area (Å²) in [5.74, 6) is 0.559. The van der Waals surface area contributed by atoms with Crippen molar-refractivity contribution in [2.24, 2.45) is 10.2 Å². The van der Waals surface area contributed by atoms with E-state index in [4.69, 9.17) is 4.42 Å². The van der Waals surface area contributed by atoms with E-state index in [1.165, 1.54) is 11.8 Å². The lowest BCUT2D eigenvalue weighted by Gasteiger charge is -2.13. The monoisotopic (exact) mass is 473 g/mol. The number of amidine groups is 1. The molecular formula is C26H27N5O2S. The number of furan rings is 1. The number of anilines is 2. The maximum Gasteiger partial charge on any atom is 0.267 e. The van der Waals surface area contributed by atoms with E-state index >= 15 is 0 Å². The minimum Gasteiger partial charge on any atom is -0.467 e. The molecule has 0 N–H and O–H groups in total. The van der Waals surface area contributed by atoms with Gasteiger partial charge in [0, 0.05) is 39.6 Å². The minimum atomic E-state index is -0.123. The molecule has 1 aromatic heterocycles. The van der Waals surface area contributed by atoms with Crippen LogP contribution in [0.15, 0.2) is 86.5 Å². The van der Waals surface area contributed by atoms with Gasteiger partial charge in [0.1, 0.15) is 5.76 Å². The van der Waals surface area contributed by atoms with Crippen LogP contribution in [0, 0.1) is 0 Å². The Kier molecular flexibility index (Phi) is 7.18. The van der Waals surface area contributed by atoms with Crippen LogP contribution < -0.4 is 9.80 Å². The van der Waals surface area contributed by atoms with Crippen LogP contribution >= 0.6 is 11.8 Å². The van der Waals surface area contributed by atoms with Crippen molar-refractivity contribution in [3.8, 4) is 0 Å². The number of carbonyl (C=O) groups is 1. The van der Waals surface area contributed by atoms with E-state index in [0.29, 0.717) is 22.4 Å². The summed E-state index contributed by atoms with van der Waals surface area (Å²) in [6.45, 7) is 0.293. The Morgan fingerprint density at radius 3 is 2.09 bits per heavy atom. The lowest BCUT2D eigenvalue weighted by atomic mass is 10.2. The number of hydrogen-bond acceptors (Lipinski definition) is 7. The Balaban J connectivity index is 1.57. The highest BCUT2D eigenvalue weighted by Crippen LogP contribution is 2.34. The summed E-state index contributed by atoms with van der Waals surface area (Å²) in [7, 11) is 7.99. The van der Waals surface area contributed by atoms with Gasteiger partial charge in [-0.05, 0) is 65.4 Å². The third-order valence-corrected chi connectivity index (χ3v) is 6.25. The molecule has 34 heavy (non-hydrogen) atoms. The van der Waals surface area contributed by atoms with E-state index in [9.17, 15) is 4.79 Å². The minimum absolute atomic E-state index is 0.123. The summed E-state index contributed by atoms with van der Waals surface area (Å²) >= 11 is 1.31. The van der Waals surface area contributed by atoms with E-state index in [-0.39, 0.29) is 5.91 Å². The van der Waals surface area contributed by atoms with Crippen molar-refractivity contribution in [1.29, 1.82) is 0 Å². The zero-order valence-corrected chi connectivity index (χ0v) is 20.5. The van der Waals surface area contributed by atoms with Crippen molar-refractivity contribution in [3.63, 3.8) is 0 Å². The molecule has 1 aliphatic heterocycles. The number of amides is 1. The average molecular weight is 474 g/mol. The van der Waals surface area contributed by atoms with Crippen LogP contribution in [0.3, 0.4) is 0 Å². The molecule has 0 spiro atoms. The molecular weight excluding hydrogens is 446 g/mol. The average Bonchev–Trinajstić information content (AvgIpc) is 3.44. The summed E-state index contributed by atoms with van der Waals surface area (Å²) in [6, 6.07) is 19.7. The van der Waals surface area contributed by atoms with Crippen molar-refractivity contribution < 1.29 is 9.21 Å². The largest absolute Gasteiger partial charge is 0.467 e. The van der Waals surface area contributed by atoms with Crippen LogP contribution in [0.2, 0.25) is 0 Å². The first kappa shape index (κ1) is 23.4. The van der Waals surface area contributed by atoms with E-state index in [2.05, 4.69) is 10.2 Å². The Morgan fingerprint density at radius 1 is 0.912 bits per heavy atom. The van der Waals surface area contributed by atoms with Crippen LogP contribution in [0.5, 0.6) is 0 Å². The summed E-state index contributed by atoms with van der Waals surface area (Å²) in [6.07, 6.45) is 5.16. The number of nitrogens with zero attached hydrogens (tertiary/aromatic N) is 5. The summed E-state index contributed by atoms with van der Waals surface area (Å²) in [5.41, 5.74) is 4.09. The maximum absolute atomic E-state index is 13.2. The summed E-state index contributed by atoms with van der Waals surface area (Å²) < 4.78 is 5.46. The van der Waals surface area contributed by atoms with Crippen molar-refractivity contribution >= 4 is 46.5 Å². The molecule has 0 saturated carbocycles. The molecule has 1 amide bonds. The highest BCUT2D eigenvalue weighted by atomic mass is 32.2. The standard InChI is InChI=1S/C26H27N5O2S/c1-29(2)21-11-7-19(8-12-21)16-24-25(32)31(18-23-6-5-15-33-23)26(34-24)28-27-17-20-9-13-22(14-10-20)30(3)4/h5-17H,18H2,1-4H3/b24-16-,27-17+,28-26-. The van der Waals surface area contributed by atoms with E-state index in [0.717, 1.165) is 22.5 Å². The van der Waals surface area contributed by atoms with E-state index in [1.54, 1.807) is 23.4 Å². The lowest BCUT2D eigenvalue weighted by molar-refractivity contribution is -0.122. The molecule has 8 heteroatoms. The third kappa shape index (κ3) is 5.58. The third-order valence-electron chi connectivity index (χ3n) is 5.25. The second kappa shape index (κ2) is 10.4. The molecule has 0 aliphatic carbocycles. The molecule has 1 fully saturated rings. The molecule has 0 radical (unpaired) electrons. The van der Waals surface area contributed by atoms with Crippen molar-refractivity contribution in [2.45, 2.75) is 6.54 Å². The van der Waals surface area contributed by atoms with Crippen molar-refractivity contribution in [1.82, 2.24) is 4.90 Å². The Labute approximate surface area is 204 Å². The van der Waals surface area contributed by atoms with Crippen LogP contribution in [0.25, 0.3) is 6.08 Å². The highest BCUT2D eigenvalue weighted by molar-refractivity contribution is 8.18. The number of rotatable bonds is 7. The fraction of sp³-hybridized carbons (Fsp3) is 0.192. The van der Waals surface area contributed by atoms with E-state index in [1.807, 2.05) is 98.7 Å². The molecule has 0 bridgehead atoms. The van der Waals surface area contributed by atoms with Gasteiger partial charge < -0.3 is 14.2 Å². The first-order valence-corrected chi connectivity index (χ1v) is 11.6. The predicted molar refractivity (Wildman–Crippen MR) is 141 cm³/mol. The van der Waals surface area contributed by atoms with E-state index < -0.39 is 0 Å². The van der Waals surface area contributed by atoms with Gasteiger partial charge in [-0.25, -0.2) is 0 Å². The zero-order chi connectivity index (χ0) is 24.1. The second-order valence-corrected chi connectivity index (χ2v) is 9.19. The molecule has 4 rings (SSSR count). The van der Waals surface area contributed by atoms with Gasteiger partial charge in [-0.2, -0.15) is 5.10 Å². The van der Waals surface area contributed by atoms with Gasteiger partial charge in [-0.1, -0.05) is 24.3 Å². The fourth-order valence-electron chi connectivity index (χ4n) is 3.30. The first-order chi connectivity index (χ1) is 16.4. The van der Waals surface area contributed by atoms with Gasteiger partial charge >= 0.3 is 0 Å². The van der Waals surface area contributed by atoms with Crippen LogP contribution in [0.4, 0.5) is 11.4 Å². The molecule has 3 aromatic rings. The van der Waals surface area contributed by atoms with Crippen LogP contribution in [-0.2, 0) is 11.3 Å². The number of thioether (sulfide) groups is 1. The summed E-state index contributed by atoms with van der Waals surface area (Å²) in [5, 5.41) is 9.14. The maximum atomic E-state index is 13.2. The zero-order valence-electron chi connectivity index (χ0n) is 19.7. The molecule has 174 valence electrons. The van der Waals surface area contributed by atoms with Crippen LogP contribution in [-0.4, -0.2) is 50.4 Å². The Hall–Kier alpha value is -3.78. The molecule has 2 aromatic carbocycles. The molecule has 1 saturated heterocycles. The molecule has 0 atom stereocenters. The van der Waals surface area contributed by atoms with Gasteiger partial charge in [0.05, 0.1) is 23.9 Å². The normalized spacial score (nSPS) is 16.2. The molecule has 7 nitrogen and oxygen atoms in total. The van der Waals surface area contributed by atoms with Crippen molar-refractivity contribution in [2.75, 3.05) is 38.0 Å². The Morgan fingerprint density at radius 2 is 1.53 bits per heavy atom. The topological polar surface area (TPSA) is 64.7 Å². The Bertz CT molecular complexity index is 1210. The van der Waals surface area contributed by atoms with Crippen LogP contribution in [0.1, 0.15) is 16.9 Å². The number of hydrogen-bond donors (Lipinski definition) is 0. The van der Waals surface area contributed by atoms with Gasteiger partial charge in [0.25, 0.3) is 5.91 Å². The van der Waals surface area contributed by atoms with Crippen molar-refractivity contribution in [3.05, 3.63) is 88.7 Å². The quantitative estimate of drug-likeness (QED) is 0.277. The highest BCUT2D eigenvalue weighted by Gasteiger charge is 2.34. The van der Waals surface area contributed by atoms with Gasteiger partial charge in [-0.3, -0.25) is 9.69 Å². The predicted octanol–water partition coefficient (Wildman–Crippen LogP) is 4.92. The van der Waals surface area contributed by atoms with Gasteiger partial charge in [0.15, 0.2) is 5.17 Å². The number of carbonyl (C=O) groups excluding carboxylic acids is 1. The number of benzene rings is 2. The SMILES string of the molecule is CN(C)c1ccc(/C=C2\S/C(=N\N=C\c3ccc(N(C)C)cc3)N(Cc3ccco3)C2=O)cc1. The molecule has 1 aliphatic rings. The first-order valence-electron chi connectivity index (χ1n) is 10.8. The smallest absolute Gasteiger partial charge is 0.267 e.